The number of nitrogens with one attached hydrogen (secondary N) is 1. The lowest BCUT2D eigenvalue weighted by Gasteiger charge is -2.09. The first-order chi connectivity index (χ1) is 6.74. The van der Waals surface area contributed by atoms with Crippen LogP contribution in [-0.2, 0) is 0 Å². The Hall–Kier alpha value is -1.24. The van der Waals surface area contributed by atoms with Crippen LogP contribution in [0.25, 0.3) is 5.70 Å². The van der Waals surface area contributed by atoms with Crippen molar-refractivity contribution in [2.75, 3.05) is 6.54 Å². The summed E-state index contributed by atoms with van der Waals surface area (Å²) in [4.78, 5) is 0. The van der Waals surface area contributed by atoms with Crippen molar-refractivity contribution in [2.24, 2.45) is 0 Å². The molecule has 0 saturated heterocycles. The minimum Gasteiger partial charge on any atom is -0.385 e. The van der Waals surface area contributed by atoms with Gasteiger partial charge < -0.3 is 5.32 Å². The van der Waals surface area contributed by atoms with Crippen LogP contribution in [0.1, 0.15) is 30.9 Å². The molecule has 0 saturated carbocycles. The van der Waals surface area contributed by atoms with Crippen LogP contribution in [0.4, 0.5) is 0 Å². The molecule has 1 heteroatoms. The highest BCUT2D eigenvalue weighted by Gasteiger charge is 1.96. The first kappa shape index (κ1) is 10.8. The molecule has 0 atom stereocenters. The van der Waals surface area contributed by atoms with E-state index in [0.717, 1.165) is 12.2 Å². The van der Waals surface area contributed by atoms with Gasteiger partial charge in [-0.3, -0.25) is 0 Å². The molecule has 0 unspecified atom stereocenters. The number of hydrogen-bond donors (Lipinski definition) is 1. The molecule has 0 fully saturated rings. The Morgan fingerprint density at radius 3 is 2.86 bits per heavy atom. The molecular weight excluding hydrogens is 170 g/mol. The van der Waals surface area contributed by atoms with Crippen LogP contribution >= 0.6 is 0 Å². The van der Waals surface area contributed by atoms with E-state index >= 15 is 0 Å². The van der Waals surface area contributed by atoms with E-state index in [1.807, 2.05) is 0 Å². The van der Waals surface area contributed by atoms with Gasteiger partial charge in [0.15, 0.2) is 0 Å². The standard InChI is InChI=1S/C13H19N/c1-4-5-9-14-12(3)13-8-6-7-11(2)10-13/h6-8,10,14H,3-5,9H2,1-2H3. The summed E-state index contributed by atoms with van der Waals surface area (Å²) in [5.41, 5.74) is 3.50. The van der Waals surface area contributed by atoms with E-state index in [1.54, 1.807) is 0 Å². The summed E-state index contributed by atoms with van der Waals surface area (Å²) in [5, 5.41) is 3.33. The van der Waals surface area contributed by atoms with Crippen LogP contribution in [0.5, 0.6) is 0 Å². The second-order valence-corrected chi connectivity index (χ2v) is 3.63. The zero-order valence-electron chi connectivity index (χ0n) is 9.14. The second-order valence-electron chi connectivity index (χ2n) is 3.63. The smallest absolute Gasteiger partial charge is 0.0340 e. The summed E-state index contributed by atoms with van der Waals surface area (Å²) in [6.07, 6.45) is 2.42. The number of aryl methyl sites for hydroxylation is 1. The topological polar surface area (TPSA) is 12.0 Å². The van der Waals surface area contributed by atoms with E-state index in [9.17, 15) is 0 Å². The van der Waals surface area contributed by atoms with Crippen molar-refractivity contribution >= 4 is 5.70 Å². The zero-order valence-corrected chi connectivity index (χ0v) is 9.14. The quantitative estimate of drug-likeness (QED) is 0.700. The normalized spacial score (nSPS) is 9.86. The van der Waals surface area contributed by atoms with Gasteiger partial charge >= 0.3 is 0 Å². The maximum atomic E-state index is 4.03. The maximum Gasteiger partial charge on any atom is 0.0340 e. The summed E-state index contributed by atoms with van der Waals surface area (Å²) in [6.45, 7) is 9.34. The van der Waals surface area contributed by atoms with Crippen LogP contribution < -0.4 is 5.32 Å². The third-order valence-electron chi connectivity index (χ3n) is 2.24. The molecule has 1 nitrogen and oxygen atoms in total. The van der Waals surface area contributed by atoms with E-state index in [1.165, 1.54) is 24.0 Å². The van der Waals surface area contributed by atoms with Gasteiger partial charge in [-0.15, -0.1) is 0 Å². The van der Waals surface area contributed by atoms with Crippen LogP contribution in [0.2, 0.25) is 0 Å². The van der Waals surface area contributed by atoms with E-state index in [2.05, 4.69) is 50.0 Å². The fraction of sp³-hybridized carbons (Fsp3) is 0.385. The van der Waals surface area contributed by atoms with Crippen molar-refractivity contribution in [2.45, 2.75) is 26.7 Å². The van der Waals surface area contributed by atoms with Gasteiger partial charge in [-0.05, 0) is 25.0 Å². The number of hydrogen-bond acceptors (Lipinski definition) is 1. The monoisotopic (exact) mass is 189 g/mol. The lowest BCUT2D eigenvalue weighted by Crippen LogP contribution is -2.12. The third-order valence-corrected chi connectivity index (χ3v) is 2.24. The molecule has 14 heavy (non-hydrogen) atoms. The average molecular weight is 189 g/mol. The van der Waals surface area contributed by atoms with E-state index in [4.69, 9.17) is 0 Å². The molecule has 0 heterocycles. The Bertz CT molecular complexity index is 302. The Morgan fingerprint density at radius 1 is 1.43 bits per heavy atom. The lowest BCUT2D eigenvalue weighted by molar-refractivity contribution is 0.745. The Labute approximate surface area is 86.8 Å². The molecule has 76 valence electrons. The van der Waals surface area contributed by atoms with Crippen molar-refractivity contribution in [1.29, 1.82) is 0 Å². The lowest BCUT2D eigenvalue weighted by atomic mass is 10.1. The largest absolute Gasteiger partial charge is 0.385 e. The summed E-state index contributed by atoms with van der Waals surface area (Å²) < 4.78 is 0. The second kappa shape index (κ2) is 5.48. The highest BCUT2D eigenvalue weighted by atomic mass is 14.9. The summed E-state index contributed by atoms with van der Waals surface area (Å²) in [6, 6.07) is 8.41. The number of unbranched alkanes of at least 4 members (excludes halogenated alkanes) is 1. The minimum atomic E-state index is 1.02. The molecule has 1 rings (SSSR count). The Kier molecular flexibility index (Phi) is 4.24. The summed E-state index contributed by atoms with van der Waals surface area (Å²) in [7, 11) is 0. The molecular formula is C13H19N. The third kappa shape index (κ3) is 3.25. The van der Waals surface area contributed by atoms with Crippen molar-refractivity contribution in [3.8, 4) is 0 Å². The van der Waals surface area contributed by atoms with Gasteiger partial charge in [0, 0.05) is 12.2 Å². The van der Waals surface area contributed by atoms with Crippen molar-refractivity contribution in [3.63, 3.8) is 0 Å². The predicted octanol–water partition coefficient (Wildman–Crippen LogP) is 3.36. The molecule has 0 radical (unpaired) electrons. The van der Waals surface area contributed by atoms with Gasteiger partial charge in [-0.1, -0.05) is 43.7 Å². The fourth-order valence-corrected chi connectivity index (χ4v) is 1.35. The fourth-order valence-electron chi connectivity index (χ4n) is 1.35. The first-order valence-corrected chi connectivity index (χ1v) is 5.24. The molecule has 0 amide bonds. The number of benzene rings is 1. The first-order valence-electron chi connectivity index (χ1n) is 5.24. The van der Waals surface area contributed by atoms with Gasteiger partial charge in [0.05, 0.1) is 0 Å². The van der Waals surface area contributed by atoms with Crippen LogP contribution in [0.15, 0.2) is 30.8 Å². The predicted molar refractivity (Wildman–Crippen MR) is 63.1 cm³/mol. The van der Waals surface area contributed by atoms with Crippen molar-refractivity contribution in [3.05, 3.63) is 42.0 Å². The van der Waals surface area contributed by atoms with Crippen LogP contribution in [0, 0.1) is 6.92 Å². The maximum absolute atomic E-state index is 4.03. The number of rotatable bonds is 5. The molecule has 1 aromatic carbocycles. The molecule has 0 aromatic heterocycles. The summed E-state index contributed by atoms with van der Waals surface area (Å²) in [5.74, 6) is 0. The molecule has 0 bridgehead atoms. The zero-order chi connectivity index (χ0) is 10.4. The highest BCUT2D eigenvalue weighted by molar-refractivity contribution is 5.61. The summed E-state index contributed by atoms with van der Waals surface area (Å²) >= 11 is 0. The van der Waals surface area contributed by atoms with Gasteiger partial charge in [-0.2, -0.15) is 0 Å². The molecule has 0 spiro atoms. The average Bonchev–Trinajstić information content (AvgIpc) is 2.18. The minimum absolute atomic E-state index is 1.02. The van der Waals surface area contributed by atoms with Gasteiger partial charge in [-0.25, -0.2) is 0 Å². The molecule has 1 aromatic rings. The highest BCUT2D eigenvalue weighted by Crippen LogP contribution is 2.11. The van der Waals surface area contributed by atoms with Gasteiger partial charge in [0.2, 0.25) is 0 Å². The van der Waals surface area contributed by atoms with Crippen molar-refractivity contribution in [1.82, 2.24) is 5.32 Å². The molecule has 0 aliphatic rings. The van der Waals surface area contributed by atoms with Crippen molar-refractivity contribution < 1.29 is 0 Å². The van der Waals surface area contributed by atoms with E-state index in [0.29, 0.717) is 0 Å². The molecule has 0 aliphatic carbocycles. The van der Waals surface area contributed by atoms with Crippen LogP contribution in [0.3, 0.4) is 0 Å². The van der Waals surface area contributed by atoms with E-state index < -0.39 is 0 Å². The van der Waals surface area contributed by atoms with Crippen LogP contribution in [-0.4, -0.2) is 6.54 Å². The Balaban J connectivity index is 2.52. The van der Waals surface area contributed by atoms with E-state index in [-0.39, 0.29) is 0 Å². The van der Waals surface area contributed by atoms with Gasteiger partial charge in [0.1, 0.15) is 0 Å². The molecule has 1 N–H and O–H groups in total. The van der Waals surface area contributed by atoms with Gasteiger partial charge in [0.25, 0.3) is 0 Å². The SMILES string of the molecule is C=C(NCCCC)c1cccc(C)c1. The molecule has 0 aliphatic heterocycles. The Morgan fingerprint density at radius 2 is 2.21 bits per heavy atom.